The molecule has 1 amide bonds. The number of fused-ring (bicyclic) bond motifs is 1. The Balaban J connectivity index is 1.99. The molecule has 1 aromatic carbocycles. The molecule has 0 atom stereocenters. The minimum atomic E-state index is -0.503. The molecule has 24 heavy (non-hydrogen) atoms. The summed E-state index contributed by atoms with van der Waals surface area (Å²) in [7, 11) is 0. The van der Waals surface area contributed by atoms with Crippen molar-refractivity contribution < 1.29 is 19.4 Å². The summed E-state index contributed by atoms with van der Waals surface area (Å²) < 4.78 is 10.8. The number of ether oxygens (including phenoxy) is 2. The van der Waals surface area contributed by atoms with Gasteiger partial charge in [-0.15, -0.1) is 0 Å². The molecule has 0 fully saturated rings. The largest absolute Gasteiger partial charge is 0.443 e. The van der Waals surface area contributed by atoms with E-state index in [-0.39, 0.29) is 12.7 Å². The number of benzene rings is 1. The van der Waals surface area contributed by atoms with Crippen LogP contribution in [0, 0.1) is 0 Å². The van der Waals surface area contributed by atoms with Gasteiger partial charge in [0.05, 0.1) is 25.5 Å². The number of para-hydroxylation sites is 1. The fourth-order valence-electron chi connectivity index (χ4n) is 2.71. The molecule has 0 radical (unpaired) electrons. The highest BCUT2D eigenvalue weighted by Crippen LogP contribution is 2.33. The lowest BCUT2D eigenvalue weighted by Crippen LogP contribution is -2.36. The molecule has 1 heterocycles. The van der Waals surface area contributed by atoms with Crippen molar-refractivity contribution in [3.8, 4) is 0 Å². The Morgan fingerprint density at radius 3 is 2.83 bits per heavy atom. The minimum absolute atomic E-state index is 0.0387. The van der Waals surface area contributed by atoms with E-state index in [1.807, 2.05) is 32.9 Å². The highest BCUT2D eigenvalue weighted by atomic mass is 16.6. The molecule has 134 valence electrons. The third kappa shape index (κ3) is 5.19. The van der Waals surface area contributed by atoms with E-state index in [1.165, 1.54) is 5.56 Å². The predicted octanol–water partition coefficient (Wildman–Crippen LogP) is 2.08. The van der Waals surface area contributed by atoms with Gasteiger partial charge in [-0.25, -0.2) is 4.79 Å². The smallest absolute Gasteiger partial charge is 0.414 e. The normalized spacial score (nSPS) is 13.9. The van der Waals surface area contributed by atoms with Gasteiger partial charge in [0.2, 0.25) is 0 Å². The van der Waals surface area contributed by atoms with Crippen molar-refractivity contribution in [2.45, 2.75) is 39.3 Å². The fourth-order valence-corrected chi connectivity index (χ4v) is 2.71. The van der Waals surface area contributed by atoms with Gasteiger partial charge in [0.25, 0.3) is 0 Å². The molecule has 0 aromatic heterocycles. The lowest BCUT2D eigenvalue weighted by atomic mass is 10.1. The zero-order chi connectivity index (χ0) is 17.6. The molecule has 1 aromatic rings. The molecule has 2 N–H and O–H groups in total. The van der Waals surface area contributed by atoms with E-state index in [4.69, 9.17) is 14.6 Å². The maximum Gasteiger partial charge on any atom is 0.414 e. The van der Waals surface area contributed by atoms with Crippen LogP contribution in [0.1, 0.15) is 31.9 Å². The molecule has 0 saturated heterocycles. The van der Waals surface area contributed by atoms with Gasteiger partial charge in [-0.1, -0.05) is 18.2 Å². The Hall–Kier alpha value is -1.63. The number of aliphatic hydroxyl groups excluding tert-OH is 1. The second-order valence-corrected chi connectivity index (χ2v) is 6.82. The fraction of sp³-hybridized carbons (Fsp3) is 0.611. The number of rotatable bonds is 7. The standard InChI is InChI=1S/C18H28N2O4/c1-18(2,3)24-17(22)20-9-7-14-5-4-6-15(16(14)20)13-19-8-11-23-12-10-21/h4-6,19,21H,7-13H2,1-3H3. The maximum atomic E-state index is 12.5. The number of nitrogens with one attached hydrogen (secondary N) is 1. The van der Waals surface area contributed by atoms with Crippen molar-refractivity contribution in [2.24, 2.45) is 0 Å². The van der Waals surface area contributed by atoms with E-state index in [2.05, 4.69) is 11.4 Å². The number of carbonyl (C=O) groups excluding carboxylic acids is 1. The van der Waals surface area contributed by atoms with E-state index >= 15 is 0 Å². The second-order valence-electron chi connectivity index (χ2n) is 6.82. The second kappa shape index (κ2) is 8.46. The van der Waals surface area contributed by atoms with Crippen LogP contribution in [0.3, 0.4) is 0 Å². The minimum Gasteiger partial charge on any atom is -0.443 e. The molecule has 6 nitrogen and oxygen atoms in total. The predicted molar refractivity (Wildman–Crippen MR) is 93.3 cm³/mol. The number of hydrogen-bond acceptors (Lipinski definition) is 5. The van der Waals surface area contributed by atoms with Crippen molar-refractivity contribution in [1.82, 2.24) is 5.32 Å². The highest BCUT2D eigenvalue weighted by molar-refractivity contribution is 5.91. The Morgan fingerprint density at radius 2 is 2.12 bits per heavy atom. The van der Waals surface area contributed by atoms with Crippen LogP contribution in [-0.4, -0.2) is 49.7 Å². The first-order chi connectivity index (χ1) is 11.4. The van der Waals surface area contributed by atoms with Gasteiger partial charge < -0.3 is 19.9 Å². The summed E-state index contributed by atoms with van der Waals surface area (Å²) in [4.78, 5) is 14.2. The van der Waals surface area contributed by atoms with E-state index in [0.29, 0.717) is 32.8 Å². The molecule has 0 bridgehead atoms. The lowest BCUT2D eigenvalue weighted by Gasteiger charge is -2.26. The van der Waals surface area contributed by atoms with E-state index in [9.17, 15) is 4.79 Å². The quantitative estimate of drug-likeness (QED) is 0.746. The Labute approximate surface area is 143 Å². The van der Waals surface area contributed by atoms with Gasteiger partial charge in [-0.05, 0) is 38.3 Å². The van der Waals surface area contributed by atoms with Crippen LogP contribution in [0.2, 0.25) is 0 Å². The number of aliphatic hydroxyl groups is 1. The first-order valence-corrected chi connectivity index (χ1v) is 8.43. The van der Waals surface area contributed by atoms with Crippen LogP contribution in [-0.2, 0) is 22.4 Å². The molecule has 0 aliphatic carbocycles. The Morgan fingerprint density at radius 1 is 1.33 bits per heavy atom. The average Bonchev–Trinajstić information content (AvgIpc) is 2.94. The molecule has 0 saturated carbocycles. The van der Waals surface area contributed by atoms with Gasteiger partial charge in [-0.2, -0.15) is 0 Å². The molecule has 0 unspecified atom stereocenters. The summed E-state index contributed by atoms with van der Waals surface area (Å²) >= 11 is 0. The van der Waals surface area contributed by atoms with Crippen molar-refractivity contribution in [2.75, 3.05) is 37.8 Å². The summed E-state index contributed by atoms with van der Waals surface area (Å²) in [5, 5.41) is 12.0. The Kier molecular flexibility index (Phi) is 6.60. The van der Waals surface area contributed by atoms with Crippen LogP contribution in [0.15, 0.2) is 18.2 Å². The topological polar surface area (TPSA) is 71.0 Å². The van der Waals surface area contributed by atoms with E-state index in [1.54, 1.807) is 4.90 Å². The molecule has 2 rings (SSSR count). The molecule has 6 heteroatoms. The van der Waals surface area contributed by atoms with Crippen LogP contribution in [0.25, 0.3) is 0 Å². The summed E-state index contributed by atoms with van der Waals surface area (Å²) in [5.41, 5.74) is 2.72. The van der Waals surface area contributed by atoms with Crippen molar-refractivity contribution in [3.05, 3.63) is 29.3 Å². The Bertz CT molecular complexity index is 554. The molecular weight excluding hydrogens is 308 g/mol. The third-order valence-corrected chi connectivity index (χ3v) is 3.67. The number of amides is 1. The number of nitrogens with zero attached hydrogens (tertiary/aromatic N) is 1. The monoisotopic (exact) mass is 336 g/mol. The number of carbonyl (C=O) groups is 1. The van der Waals surface area contributed by atoms with E-state index in [0.717, 1.165) is 17.7 Å². The van der Waals surface area contributed by atoms with Gasteiger partial charge in [0.15, 0.2) is 0 Å². The molecular formula is C18H28N2O4. The maximum absolute atomic E-state index is 12.5. The van der Waals surface area contributed by atoms with Crippen LogP contribution in [0.5, 0.6) is 0 Å². The number of anilines is 1. The van der Waals surface area contributed by atoms with Crippen LogP contribution < -0.4 is 10.2 Å². The first kappa shape index (κ1) is 18.7. The summed E-state index contributed by atoms with van der Waals surface area (Å²) in [6.45, 7) is 8.57. The van der Waals surface area contributed by atoms with Gasteiger partial charge in [0, 0.05) is 19.6 Å². The summed E-state index contributed by atoms with van der Waals surface area (Å²) in [6, 6.07) is 6.12. The number of hydrogen-bond donors (Lipinski definition) is 2. The lowest BCUT2D eigenvalue weighted by molar-refractivity contribution is 0.0583. The van der Waals surface area contributed by atoms with Crippen molar-refractivity contribution >= 4 is 11.8 Å². The van der Waals surface area contributed by atoms with Crippen molar-refractivity contribution in [1.29, 1.82) is 0 Å². The third-order valence-electron chi connectivity index (χ3n) is 3.67. The zero-order valence-electron chi connectivity index (χ0n) is 14.8. The molecule has 1 aliphatic heterocycles. The highest BCUT2D eigenvalue weighted by Gasteiger charge is 2.30. The average molecular weight is 336 g/mol. The first-order valence-electron chi connectivity index (χ1n) is 8.43. The van der Waals surface area contributed by atoms with Gasteiger partial charge in [-0.3, -0.25) is 4.90 Å². The van der Waals surface area contributed by atoms with Gasteiger partial charge >= 0.3 is 6.09 Å². The van der Waals surface area contributed by atoms with E-state index < -0.39 is 5.60 Å². The molecule has 0 spiro atoms. The van der Waals surface area contributed by atoms with Crippen LogP contribution in [0.4, 0.5) is 10.5 Å². The zero-order valence-corrected chi connectivity index (χ0v) is 14.8. The summed E-state index contributed by atoms with van der Waals surface area (Å²) in [6.07, 6.45) is 0.558. The van der Waals surface area contributed by atoms with Gasteiger partial charge in [0.1, 0.15) is 5.60 Å². The SMILES string of the molecule is CC(C)(C)OC(=O)N1CCc2cccc(CNCCOCCO)c21. The molecule has 1 aliphatic rings. The summed E-state index contributed by atoms with van der Waals surface area (Å²) in [5.74, 6) is 0. The van der Waals surface area contributed by atoms with Crippen LogP contribution >= 0.6 is 0 Å². The van der Waals surface area contributed by atoms with Crippen molar-refractivity contribution in [3.63, 3.8) is 0 Å².